The second-order valence-electron chi connectivity index (χ2n) is 2.65. The summed E-state index contributed by atoms with van der Waals surface area (Å²) in [5.41, 5.74) is 0.131. The van der Waals surface area contributed by atoms with Gasteiger partial charge in [-0.05, 0) is 0 Å². The molecular formula is C7H10N4O2. The lowest BCUT2D eigenvalue weighted by molar-refractivity contribution is -0.404. The summed E-state index contributed by atoms with van der Waals surface area (Å²) < 4.78 is 0. The summed E-state index contributed by atoms with van der Waals surface area (Å²) >= 11 is 0. The van der Waals surface area contributed by atoms with Crippen molar-refractivity contribution >= 4 is 0 Å². The third kappa shape index (κ3) is 2.72. The zero-order chi connectivity index (χ0) is 9.68. The second-order valence-corrected chi connectivity index (χ2v) is 2.65. The van der Waals surface area contributed by atoms with Gasteiger partial charge in [0.25, 0.3) is 6.20 Å². The Kier molecular flexibility index (Phi) is 3.23. The Labute approximate surface area is 75.6 Å². The third-order valence-corrected chi connectivity index (χ3v) is 1.80. The molecule has 1 N–H and O–H groups in total. The van der Waals surface area contributed by atoms with Gasteiger partial charge in [-0.25, -0.2) is 0 Å². The van der Waals surface area contributed by atoms with Gasteiger partial charge < -0.3 is 10.2 Å². The van der Waals surface area contributed by atoms with Gasteiger partial charge in [0.15, 0.2) is 5.70 Å². The molecule has 0 amide bonds. The lowest BCUT2D eigenvalue weighted by atomic mass is 10.3. The van der Waals surface area contributed by atoms with E-state index in [9.17, 15) is 10.1 Å². The van der Waals surface area contributed by atoms with Crippen LogP contribution >= 0.6 is 0 Å². The molecule has 0 saturated carbocycles. The van der Waals surface area contributed by atoms with Crippen molar-refractivity contribution in [1.29, 1.82) is 5.26 Å². The molecule has 1 heterocycles. The minimum Gasteiger partial charge on any atom is -0.355 e. The first-order valence-corrected chi connectivity index (χ1v) is 3.95. The van der Waals surface area contributed by atoms with Gasteiger partial charge >= 0.3 is 0 Å². The van der Waals surface area contributed by atoms with E-state index >= 15 is 0 Å². The number of hydrogen-bond acceptors (Lipinski definition) is 5. The number of nitriles is 1. The molecule has 1 aliphatic rings. The molecule has 70 valence electrons. The first kappa shape index (κ1) is 9.48. The normalized spacial score (nSPS) is 18.1. The van der Waals surface area contributed by atoms with Crippen LogP contribution in [0.25, 0.3) is 0 Å². The topological polar surface area (TPSA) is 82.2 Å². The summed E-state index contributed by atoms with van der Waals surface area (Å²) in [6.45, 7) is 2.81. The lowest BCUT2D eigenvalue weighted by Crippen LogP contribution is -2.42. The number of piperazine rings is 1. The molecule has 0 aliphatic carbocycles. The molecule has 0 radical (unpaired) electrons. The number of hydrogen-bond donors (Lipinski definition) is 1. The number of nitrogens with zero attached hydrogens (tertiary/aromatic N) is 3. The summed E-state index contributed by atoms with van der Waals surface area (Å²) in [4.78, 5) is 11.3. The summed E-state index contributed by atoms with van der Waals surface area (Å²) in [5, 5.41) is 21.9. The minimum absolute atomic E-state index is 0.131. The zero-order valence-electron chi connectivity index (χ0n) is 7.06. The van der Waals surface area contributed by atoms with Crippen LogP contribution in [0.4, 0.5) is 0 Å². The van der Waals surface area contributed by atoms with Gasteiger partial charge in [-0.2, -0.15) is 5.26 Å². The molecule has 6 heteroatoms. The van der Waals surface area contributed by atoms with Gasteiger partial charge in [0, 0.05) is 26.2 Å². The van der Waals surface area contributed by atoms with Gasteiger partial charge in [0.1, 0.15) is 6.07 Å². The molecule has 0 aromatic rings. The molecule has 0 aromatic carbocycles. The van der Waals surface area contributed by atoms with Crippen molar-refractivity contribution in [3.8, 4) is 6.07 Å². The number of nitro groups is 1. The van der Waals surface area contributed by atoms with E-state index in [0.717, 1.165) is 19.3 Å². The molecule has 1 fully saturated rings. The molecule has 13 heavy (non-hydrogen) atoms. The molecule has 1 saturated heterocycles. The average Bonchev–Trinajstić information content (AvgIpc) is 2.15. The number of allylic oxidation sites excluding steroid dienone is 1. The van der Waals surface area contributed by atoms with E-state index in [1.165, 1.54) is 0 Å². The van der Waals surface area contributed by atoms with E-state index in [0.29, 0.717) is 13.1 Å². The lowest BCUT2D eigenvalue weighted by Gasteiger charge is -2.26. The summed E-state index contributed by atoms with van der Waals surface area (Å²) in [5.74, 6) is 0. The largest absolute Gasteiger partial charge is 0.355 e. The average molecular weight is 182 g/mol. The molecule has 6 nitrogen and oxygen atoms in total. The van der Waals surface area contributed by atoms with Crippen molar-refractivity contribution < 1.29 is 4.92 Å². The minimum atomic E-state index is -0.597. The van der Waals surface area contributed by atoms with E-state index in [-0.39, 0.29) is 5.70 Å². The van der Waals surface area contributed by atoms with Crippen molar-refractivity contribution in [2.45, 2.75) is 0 Å². The molecule has 0 spiro atoms. The first-order valence-electron chi connectivity index (χ1n) is 3.95. The van der Waals surface area contributed by atoms with Crippen molar-refractivity contribution in [3.63, 3.8) is 0 Å². The standard InChI is InChI=1S/C7H10N4O2/c8-5-7(6-11(12)13)10-3-1-9-2-4-10/h6,9H,1-4H2. The maximum Gasteiger partial charge on any atom is 0.268 e. The fourth-order valence-electron chi connectivity index (χ4n) is 1.19. The van der Waals surface area contributed by atoms with E-state index in [1.807, 2.05) is 6.07 Å². The molecule has 1 rings (SSSR count). The van der Waals surface area contributed by atoms with Crippen molar-refractivity contribution in [2.24, 2.45) is 0 Å². The number of rotatable bonds is 2. The molecular weight excluding hydrogens is 172 g/mol. The van der Waals surface area contributed by atoms with Crippen LogP contribution in [0.15, 0.2) is 11.9 Å². The van der Waals surface area contributed by atoms with Crippen LogP contribution in [0.5, 0.6) is 0 Å². The van der Waals surface area contributed by atoms with Crippen LogP contribution in [0.3, 0.4) is 0 Å². The Morgan fingerprint density at radius 1 is 1.62 bits per heavy atom. The molecule has 0 aromatic heterocycles. The monoisotopic (exact) mass is 182 g/mol. The van der Waals surface area contributed by atoms with E-state index in [1.54, 1.807) is 4.90 Å². The van der Waals surface area contributed by atoms with Gasteiger partial charge in [0.2, 0.25) is 0 Å². The summed E-state index contributed by atoms with van der Waals surface area (Å²) in [6, 6.07) is 1.82. The highest BCUT2D eigenvalue weighted by Crippen LogP contribution is 2.03. The highest BCUT2D eigenvalue weighted by atomic mass is 16.6. The molecule has 0 bridgehead atoms. The predicted molar refractivity (Wildman–Crippen MR) is 45.1 cm³/mol. The Hall–Kier alpha value is -1.61. The van der Waals surface area contributed by atoms with Crippen LogP contribution in [-0.4, -0.2) is 36.0 Å². The summed E-state index contributed by atoms with van der Waals surface area (Å²) in [7, 11) is 0. The Morgan fingerprint density at radius 3 is 2.69 bits per heavy atom. The van der Waals surface area contributed by atoms with Crippen molar-refractivity contribution in [2.75, 3.05) is 26.2 Å². The maximum absolute atomic E-state index is 10.1. The summed E-state index contributed by atoms with van der Waals surface area (Å²) in [6.07, 6.45) is 0.755. The van der Waals surface area contributed by atoms with Crippen LogP contribution in [0, 0.1) is 21.4 Å². The van der Waals surface area contributed by atoms with Crippen molar-refractivity contribution in [3.05, 3.63) is 22.0 Å². The smallest absolute Gasteiger partial charge is 0.268 e. The first-order chi connectivity index (χ1) is 6.24. The van der Waals surface area contributed by atoms with Crippen molar-refractivity contribution in [1.82, 2.24) is 10.2 Å². The Balaban J connectivity index is 2.66. The predicted octanol–water partition coefficient (Wildman–Crippen LogP) is -0.467. The Bertz CT molecular complexity index is 262. The Morgan fingerprint density at radius 2 is 2.23 bits per heavy atom. The fraction of sp³-hybridized carbons (Fsp3) is 0.571. The van der Waals surface area contributed by atoms with E-state index < -0.39 is 4.92 Å². The quantitative estimate of drug-likeness (QED) is 0.355. The van der Waals surface area contributed by atoms with E-state index in [4.69, 9.17) is 5.26 Å². The van der Waals surface area contributed by atoms with Crippen LogP contribution < -0.4 is 5.32 Å². The molecule has 0 unspecified atom stereocenters. The molecule has 1 aliphatic heterocycles. The van der Waals surface area contributed by atoms with Gasteiger partial charge in [0.05, 0.1) is 4.92 Å². The molecule has 0 atom stereocenters. The number of nitrogens with one attached hydrogen (secondary N) is 1. The zero-order valence-corrected chi connectivity index (χ0v) is 7.06. The third-order valence-electron chi connectivity index (χ3n) is 1.80. The van der Waals surface area contributed by atoms with Crippen LogP contribution in [-0.2, 0) is 0 Å². The van der Waals surface area contributed by atoms with Crippen LogP contribution in [0.1, 0.15) is 0 Å². The highest BCUT2D eigenvalue weighted by molar-refractivity contribution is 5.17. The fourth-order valence-corrected chi connectivity index (χ4v) is 1.19. The maximum atomic E-state index is 10.1. The SMILES string of the molecule is N#CC(=C[N+](=O)[O-])N1CCNCC1. The highest BCUT2D eigenvalue weighted by Gasteiger charge is 2.15. The van der Waals surface area contributed by atoms with Gasteiger partial charge in [-0.3, -0.25) is 10.1 Å². The van der Waals surface area contributed by atoms with Gasteiger partial charge in [-0.1, -0.05) is 0 Å². The van der Waals surface area contributed by atoms with Gasteiger partial charge in [-0.15, -0.1) is 0 Å². The second kappa shape index (κ2) is 4.42. The van der Waals surface area contributed by atoms with E-state index in [2.05, 4.69) is 5.32 Å². The van der Waals surface area contributed by atoms with Crippen LogP contribution in [0.2, 0.25) is 0 Å².